The van der Waals surface area contributed by atoms with Gasteiger partial charge in [-0.2, -0.15) is 0 Å². The predicted octanol–water partition coefficient (Wildman–Crippen LogP) is -4.99. The molecule has 42 heavy (non-hydrogen) atoms. The number of nitrogens with zero attached hydrogens (tertiary/aromatic N) is 1. The standard InChI is InChI=1S/C26H48N8O8/c1-4-32-9-11-5-6-12(27)19(41-11)16-13(28)7-14(33-23(37)26(39)8-15(26)34-24(29)30)20(17(16)35)42-22-18(36)21(31-3)25(2,38)10-40-22/h5,12-22,31-32,35-36,38-39H,4,6-10,27-28H2,1-3H3,(H,33,37)(H4,29,30,34). The minimum atomic E-state index is -1.84. The molecule has 2 saturated carbocycles. The number of nitrogens with one attached hydrogen (secondary N) is 3. The first-order valence-electron chi connectivity index (χ1n) is 14.5. The van der Waals surface area contributed by atoms with E-state index in [-0.39, 0.29) is 25.4 Å². The third kappa shape index (κ3) is 6.67. The number of carbonyl (C=O) groups excluding carboxylic acids is 1. The molecular formula is C26H48N8O8. The molecule has 0 bridgehead atoms. The normalized spacial score (nSPS) is 45.4. The summed E-state index contributed by atoms with van der Waals surface area (Å²) >= 11 is 0. The summed E-state index contributed by atoms with van der Waals surface area (Å²) in [4.78, 5) is 17.1. The molecule has 2 aliphatic heterocycles. The number of carbonyl (C=O) groups is 1. The zero-order valence-electron chi connectivity index (χ0n) is 24.3. The molecule has 240 valence electrons. The highest BCUT2D eigenvalue weighted by Crippen LogP contribution is 2.41. The highest BCUT2D eigenvalue weighted by Gasteiger charge is 2.61. The fourth-order valence-corrected chi connectivity index (χ4v) is 6.31. The minimum absolute atomic E-state index is 0.0151. The van der Waals surface area contributed by atoms with E-state index in [1.807, 2.05) is 13.0 Å². The Morgan fingerprint density at radius 1 is 1.21 bits per heavy atom. The van der Waals surface area contributed by atoms with Gasteiger partial charge in [-0.15, -0.1) is 0 Å². The molecule has 0 aromatic rings. The molecule has 15 N–H and O–H groups in total. The topological polar surface area (TPSA) is 278 Å². The number of likely N-dealkylation sites (N-methyl/N-ethyl adjacent to an activating group) is 2. The maximum absolute atomic E-state index is 13.2. The number of aliphatic hydroxyl groups excluding tert-OH is 2. The number of guanidine groups is 1. The van der Waals surface area contributed by atoms with E-state index in [2.05, 4.69) is 20.9 Å². The van der Waals surface area contributed by atoms with Crippen LogP contribution in [0.15, 0.2) is 16.8 Å². The van der Waals surface area contributed by atoms with E-state index in [0.717, 1.165) is 6.54 Å². The van der Waals surface area contributed by atoms with Gasteiger partial charge in [0, 0.05) is 24.4 Å². The Bertz CT molecular complexity index is 1030. The van der Waals surface area contributed by atoms with Gasteiger partial charge in [-0.05, 0) is 39.4 Å². The van der Waals surface area contributed by atoms with Crippen molar-refractivity contribution in [3.8, 4) is 0 Å². The van der Waals surface area contributed by atoms with E-state index in [4.69, 9.17) is 37.1 Å². The highest BCUT2D eigenvalue weighted by molar-refractivity contribution is 5.90. The Kier molecular flexibility index (Phi) is 10.0. The number of nitrogens with two attached hydrogens (primary N) is 4. The van der Waals surface area contributed by atoms with Crippen molar-refractivity contribution in [1.82, 2.24) is 16.0 Å². The molecule has 13 unspecified atom stereocenters. The first-order valence-corrected chi connectivity index (χ1v) is 14.5. The minimum Gasteiger partial charge on any atom is -0.492 e. The molecular weight excluding hydrogens is 552 g/mol. The van der Waals surface area contributed by atoms with Gasteiger partial charge < -0.3 is 73.5 Å². The summed E-state index contributed by atoms with van der Waals surface area (Å²) in [6.07, 6.45) is -3.23. The van der Waals surface area contributed by atoms with Gasteiger partial charge in [0.25, 0.3) is 5.91 Å². The summed E-state index contributed by atoms with van der Waals surface area (Å²) < 4.78 is 18.1. The number of aliphatic hydroxyl groups is 4. The molecule has 1 amide bonds. The summed E-state index contributed by atoms with van der Waals surface area (Å²) in [7, 11) is 1.59. The monoisotopic (exact) mass is 600 g/mol. The van der Waals surface area contributed by atoms with Crippen LogP contribution in [0.3, 0.4) is 0 Å². The van der Waals surface area contributed by atoms with Crippen LogP contribution in [0.4, 0.5) is 0 Å². The lowest BCUT2D eigenvalue weighted by Gasteiger charge is -2.50. The van der Waals surface area contributed by atoms with Crippen molar-refractivity contribution in [2.75, 3.05) is 26.7 Å². The van der Waals surface area contributed by atoms with Gasteiger partial charge in [0.15, 0.2) is 17.9 Å². The maximum Gasteiger partial charge on any atom is 0.254 e. The Balaban J connectivity index is 1.58. The van der Waals surface area contributed by atoms with Crippen molar-refractivity contribution in [2.24, 2.45) is 33.8 Å². The maximum atomic E-state index is 13.2. The summed E-state index contributed by atoms with van der Waals surface area (Å²) in [6.45, 7) is 4.55. The second-order valence-corrected chi connectivity index (χ2v) is 12.1. The largest absolute Gasteiger partial charge is 0.492 e. The molecule has 4 rings (SSSR count). The molecule has 1 saturated heterocycles. The van der Waals surface area contributed by atoms with Crippen LogP contribution in [-0.2, 0) is 19.0 Å². The number of aliphatic imine (C=N–C) groups is 1. The number of amides is 1. The third-order valence-electron chi connectivity index (χ3n) is 8.75. The number of hydrogen-bond donors (Lipinski definition) is 11. The van der Waals surface area contributed by atoms with E-state index in [9.17, 15) is 25.2 Å². The molecule has 4 aliphatic rings. The number of hydrogen-bond acceptors (Lipinski definition) is 13. The second kappa shape index (κ2) is 12.9. The Hall–Kier alpha value is -2.12. The van der Waals surface area contributed by atoms with Crippen LogP contribution in [0, 0.1) is 5.92 Å². The molecule has 16 nitrogen and oxygen atoms in total. The van der Waals surface area contributed by atoms with E-state index < -0.39 is 83.9 Å². The summed E-state index contributed by atoms with van der Waals surface area (Å²) in [5, 5.41) is 53.2. The molecule has 2 aliphatic carbocycles. The van der Waals surface area contributed by atoms with Crippen molar-refractivity contribution in [3.63, 3.8) is 0 Å². The quantitative estimate of drug-likeness (QED) is 0.0827. The van der Waals surface area contributed by atoms with Crippen LogP contribution < -0.4 is 38.9 Å². The van der Waals surface area contributed by atoms with Crippen LogP contribution in [0.25, 0.3) is 0 Å². The average Bonchev–Trinajstić information content (AvgIpc) is 3.57. The van der Waals surface area contributed by atoms with Gasteiger partial charge in [0.2, 0.25) is 0 Å². The zero-order chi connectivity index (χ0) is 31.0. The van der Waals surface area contributed by atoms with Gasteiger partial charge in [0.05, 0.1) is 37.4 Å². The van der Waals surface area contributed by atoms with Crippen LogP contribution in [0.1, 0.15) is 33.1 Å². The van der Waals surface area contributed by atoms with Crippen LogP contribution in [0.2, 0.25) is 0 Å². The van der Waals surface area contributed by atoms with Crippen LogP contribution in [0.5, 0.6) is 0 Å². The van der Waals surface area contributed by atoms with Gasteiger partial charge in [-0.3, -0.25) is 4.79 Å². The smallest absolute Gasteiger partial charge is 0.254 e. The van der Waals surface area contributed by atoms with Gasteiger partial charge >= 0.3 is 0 Å². The fourth-order valence-electron chi connectivity index (χ4n) is 6.31. The van der Waals surface area contributed by atoms with E-state index in [0.29, 0.717) is 18.7 Å². The number of rotatable bonds is 10. The Morgan fingerprint density at radius 2 is 1.93 bits per heavy atom. The highest BCUT2D eigenvalue weighted by atomic mass is 16.7. The summed E-state index contributed by atoms with van der Waals surface area (Å²) in [5.74, 6) is -1.04. The van der Waals surface area contributed by atoms with Crippen molar-refractivity contribution in [1.29, 1.82) is 0 Å². The van der Waals surface area contributed by atoms with Crippen molar-refractivity contribution in [2.45, 2.75) is 105 Å². The number of ether oxygens (including phenoxy) is 3. The average molecular weight is 601 g/mol. The Labute approximate surface area is 245 Å². The van der Waals surface area contributed by atoms with E-state index in [1.54, 1.807) is 7.05 Å². The van der Waals surface area contributed by atoms with Gasteiger partial charge in [0.1, 0.15) is 29.7 Å². The van der Waals surface area contributed by atoms with Gasteiger partial charge in [-0.1, -0.05) is 6.92 Å². The lowest BCUT2D eigenvalue weighted by molar-refractivity contribution is -0.297. The van der Waals surface area contributed by atoms with Gasteiger partial charge in [-0.25, -0.2) is 4.99 Å². The van der Waals surface area contributed by atoms with Crippen molar-refractivity contribution >= 4 is 11.9 Å². The predicted molar refractivity (Wildman–Crippen MR) is 151 cm³/mol. The molecule has 0 spiro atoms. The van der Waals surface area contributed by atoms with Crippen molar-refractivity contribution < 1.29 is 39.4 Å². The Morgan fingerprint density at radius 3 is 2.57 bits per heavy atom. The molecule has 0 aromatic carbocycles. The second-order valence-electron chi connectivity index (χ2n) is 12.1. The lowest BCUT2D eigenvalue weighted by atomic mass is 9.72. The first-order chi connectivity index (χ1) is 19.7. The first kappa shape index (κ1) is 32.8. The van der Waals surface area contributed by atoms with Crippen molar-refractivity contribution in [3.05, 3.63) is 11.8 Å². The summed E-state index contributed by atoms with van der Waals surface area (Å²) in [6, 6.07) is -3.70. The van der Waals surface area contributed by atoms with Crippen LogP contribution in [-0.4, -0.2) is 131 Å². The summed E-state index contributed by atoms with van der Waals surface area (Å²) in [5.41, 5.74) is 20.7. The fraction of sp³-hybridized carbons (Fsp3) is 0.846. The third-order valence-corrected chi connectivity index (χ3v) is 8.75. The van der Waals surface area contributed by atoms with E-state index >= 15 is 0 Å². The molecule has 0 aromatic heterocycles. The molecule has 3 fully saturated rings. The lowest BCUT2D eigenvalue weighted by Crippen LogP contribution is -2.69. The zero-order valence-corrected chi connectivity index (χ0v) is 24.3. The molecule has 0 radical (unpaired) electrons. The SMILES string of the molecule is CCNCC1=CCC(N)C(C2C(N)CC(NC(=O)C3(O)CC3N=C(N)N)C(OC3OCC(C)(O)C(NC)C3O)C2O)O1. The molecule has 2 heterocycles. The van der Waals surface area contributed by atoms with E-state index in [1.165, 1.54) is 6.92 Å². The molecule has 16 heteroatoms. The van der Waals surface area contributed by atoms with Crippen LogP contribution >= 0.6 is 0 Å². The molecule has 13 atom stereocenters.